The predicted octanol–water partition coefficient (Wildman–Crippen LogP) is 0.974. The molecule has 1 aliphatic carbocycles. The summed E-state index contributed by atoms with van der Waals surface area (Å²) in [5, 5.41) is 2.78. The molecule has 2 atom stereocenters. The number of anilines is 1. The van der Waals surface area contributed by atoms with Gasteiger partial charge in [-0.25, -0.2) is 4.79 Å². The molecular weight excluding hydrogens is 180 g/mol. The van der Waals surface area contributed by atoms with Gasteiger partial charge in [-0.3, -0.25) is 0 Å². The van der Waals surface area contributed by atoms with E-state index in [0.29, 0.717) is 0 Å². The average Bonchev–Trinajstić information content (AvgIpc) is 2.62. The lowest BCUT2D eigenvalue weighted by atomic mass is 10.1. The van der Waals surface area contributed by atoms with Crippen LogP contribution >= 0.6 is 0 Å². The van der Waals surface area contributed by atoms with Gasteiger partial charge in [-0.15, -0.1) is 0 Å². The van der Waals surface area contributed by atoms with E-state index < -0.39 is 0 Å². The molecule has 0 aromatic heterocycles. The standard InChI is InChI=1S/C10H10N2O2/c11-6-2-1-5-3-8-9(7(5)4-6)12-10(13)14-8/h1-2,4,8-9H,3,11H2,(H,12,13)/t8?,9-/m1/s1. The quantitative estimate of drug-likeness (QED) is 0.599. The van der Waals surface area contributed by atoms with E-state index in [1.807, 2.05) is 18.2 Å². The second-order valence-corrected chi connectivity index (χ2v) is 3.73. The van der Waals surface area contributed by atoms with Crippen LogP contribution in [0.5, 0.6) is 0 Å². The number of nitrogens with two attached hydrogens (primary N) is 1. The maximum absolute atomic E-state index is 11.0. The van der Waals surface area contributed by atoms with E-state index in [-0.39, 0.29) is 18.2 Å². The number of carbonyl (C=O) groups is 1. The molecule has 1 fully saturated rings. The zero-order chi connectivity index (χ0) is 9.71. The first-order valence-electron chi connectivity index (χ1n) is 4.59. The number of rotatable bonds is 0. The third kappa shape index (κ3) is 0.907. The fourth-order valence-electron chi connectivity index (χ4n) is 2.20. The number of alkyl carbamates (subject to hydrolysis) is 1. The van der Waals surface area contributed by atoms with E-state index >= 15 is 0 Å². The number of carbonyl (C=O) groups excluding carboxylic acids is 1. The Morgan fingerprint density at radius 2 is 2.36 bits per heavy atom. The maximum atomic E-state index is 11.0. The minimum Gasteiger partial charge on any atom is -0.443 e. The predicted molar refractivity (Wildman–Crippen MR) is 50.7 cm³/mol. The summed E-state index contributed by atoms with van der Waals surface area (Å²) in [5.41, 5.74) is 8.74. The first kappa shape index (κ1) is 7.67. The van der Waals surface area contributed by atoms with Crippen LogP contribution in [0, 0.1) is 0 Å². The molecule has 1 aromatic rings. The summed E-state index contributed by atoms with van der Waals surface area (Å²) < 4.78 is 5.12. The van der Waals surface area contributed by atoms with Gasteiger partial charge in [0.2, 0.25) is 0 Å². The average molecular weight is 190 g/mol. The van der Waals surface area contributed by atoms with Gasteiger partial charge in [-0.1, -0.05) is 6.07 Å². The summed E-state index contributed by atoms with van der Waals surface area (Å²) in [6.07, 6.45) is 0.423. The molecule has 4 nitrogen and oxygen atoms in total. The summed E-state index contributed by atoms with van der Waals surface area (Å²) in [4.78, 5) is 11.0. The minimum absolute atomic E-state index is 0.000926. The number of hydrogen-bond acceptors (Lipinski definition) is 3. The molecule has 1 unspecified atom stereocenters. The molecule has 0 radical (unpaired) electrons. The highest BCUT2D eigenvalue weighted by atomic mass is 16.6. The third-order valence-electron chi connectivity index (χ3n) is 2.83. The molecule has 0 bridgehead atoms. The Morgan fingerprint density at radius 1 is 1.50 bits per heavy atom. The van der Waals surface area contributed by atoms with E-state index in [4.69, 9.17) is 10.5 Å². The van der Waals surface area contributed by atoms with Crippen molar-refractivity contribution in [2.45, 2.75) is 18.6 Å². The van der Waals surface area contributed by atoms with Crippen LogP contribution < -0.4 is 11.1 Å². The van der Waals surface area contributed by atoms with Gasteiger partial charge in [-0.2, -0.15) is 0 Å². The van der Waals surface area contributed by atoms with Gasteiger partial charge in [-0.05, 0) is 23.3 Å². The van der Waals surface area contributed by atoms with Crippen molar-refractivity contribution in [3.63, 3.8) is 0 Å². The first-order chi connectivity index (χ1) is 6.74. The van der Waals surface area contributed by atoms with Crippen LogP contribution in [0.3, 0.4) is 0 Å². The Labute approximate surface area is 81.0 Å². The number of hydrogen-bond donors (Lipinski definition) is 2. The van der Waals surface area contributed by atoms with E-state index in [2.05, 4.69) is 5.32 Å². The highest BCUT2D eigenvalue weighted by molar-refractivity contribution is 5.72. The van der Waals surface area contributed by atoms with Crippen LogP contribution in [-0.2, 0) is 11.2 Å². The van der Waals surface area contributed by atoms with E-state index in [1.54, 1.807) is 0 Å². The van der Waals surface area contributed by atoms with Gasteiger partial charge in [0.25, 0.3) is 0 Å². The zero-order valence-corrected chi connectivity index (χ0v) is 7.49. The third-order valence-corrected chi connectivity index (χ3v) is 2.83. The highest BCUT2D eigenvalue weighted by Gasteiger charge is 2.41. The van der Waals surface area contributed by atoms with Gasteiger partial charge >= 0.3 is 6.09 Å². The van der Waals surface area contributed by atoms with Crippen molar-refractivity contribution in [2.75, 3.05) is 5.73 Å². The molecule has 0 saturated carbocycles. The lowest BCUT2D eigenvalue weighted by molar-refractivity contribution is 0.136. The summed E-state index contributed by atoms with van der Waals surface area (Å²) in [6, 6.07) is 5.79. The van der Waals surface area contributed by atoms with Crippen molar-refractivity contribution in [3.8, 4) is 0 Å². The van der Waals surface area contributed by atoms with Gasteiger partial charge in [0.15, 0.2) is 0 Å². The molecule has 14 heavy (non-hydrogen) atoms. The van der Waals surface area contributed by atoms with Gasteiger partial charge < -0.3 is 15.8 Å². The van der Waals surface area contributed by atoms with Crippen molar-refractivity contribution in [1.82, 2.24) is 5.32 Å². The number of amides is 1. The number of nitrogen functional groups attached to an aromatic ring is 1. The van der Waals surface area contributed by atoms with Crippen molar-refractivity contribution in [2.24, 2.45) is 0 Å². The zero-order valence-electron chi connectivity index (χ0n) is 7.49. The number of nitrogens with one attached hydrogen (secondary N) is 1. The van der Waals surface area contributed by atoms with E-state index in [0.717, 1.165) is 17.7 Å². The number of benzene rings is 1. The van der Waals surface area contributed by atoms with Gasteiger partial charge in [0.05, 0.1) is 6.04 Å². The molecule has 1 aliphatic heterocycles. The van der Waals surface area contributed by atoms with Crippen LogP contribution in [0.1, 0.15) is 17.2 Å². The van der Waals surface area contributed by atoms with Gasteiger partial charge in [0.1, 0.15) is 6.10 Å². The van der Waals surface area contributed by atoms with Crippen LogP contribution in [0.2, 0.25) is 0 Å². The summed E-state index contributed by atoms with van der Waals surface area (Å²) >= 11 is 0. The topological polar surface area (TPSA) is 64.3 Å². The normalized spacial score (nSPS) is 27.9. The Hall–Kier alpha value is -1.71. The molecule has 1 aromatic carbocycles. The molecular formula is C10H10N2O2. The largest absolute Gasteiger partial charge is 0.443 e. The molecule has 3 rings (SSSR count). The van der Waals surface area contributed by atoms with Crippen LogP contribution in [0.4, 0.5) is 10.5 Å². The van der Waals surface area contributed by atoms with E-state index in [1.165, 1.54) is 5.56 Å². The van der Waals surface area contributed by atoms with E-state index in [9.17, 15) is 4.79 Å². The Bertz CT molecular complexity index is 417. The molecule has 4 heteroatoms. The summed E-state index contributed by atoms with van der Waals surface area (Å²) in [7, 11) is 0. The monoisotopic (exact) mass is 190 g/mol. The summed E-state index contributed by atoms with van der Waals surface area (Å²) in [5.74, 6) is 0. The minimum atomic E-state index is -0.326. The molecule has 1 saturated heterocycles. The Kier molecular flexibility index (Phi) is 1.32. The Morgan fingerprint density at radius 3 is 3.21 bits per heavy atom. The number of fused-ring (bicyclic) bond motifs is 3. The second-order valence-electron chi connectivity index (χ2n) is 3.73. The first-order valence-corrected chi connectivity index (χ1v) is 4.59. The van der Waals surface area contributed by atoms with Gasteiger partial charge in [0, 0.05) is 12.1 Å². The van der Waals surface area contributed by atoms with Crippen LogP contribution in [0.25, 0.3) is 0 Å². The van der Waals surface area contributed by atoms with Crippen LogP contribution in [-0.4, -0.2) is 12.2 Å². The lowest BCUT2D eigenvalue weighted by Gasteiger charge is -2.06. The molecule has 3 N–H and O–H groups in total. The molecule has 0 spiro atoms. The van der Waals surface area contributed by atoms with Crippen molar-refractivity contribution in [3.05, 3.63) is 29.3 Å². The fourth-order valence-corrected chi connectivity index (χ4v) is 2.20. The second kappa shape index (κ2) is 2.41. The Balaban J connectivity index is 2.07. The fraction of sp³-hybridized carbons (Fsp3) is 0.300. The maximum Gasteiger partial charge on any atom is 0.408 e. The SMILES string of the molecule is Nc1ccc2c(c1)[C@H]1NC(=O)OC1C2. The summed E-state index contributed by atoms with van der Waals surface area (Å²) in [6.45, 7) is 0. The van der Waals surface area contributed by atoms with Crippen molar-refractivity contribution < 1.29 is 9.53 Å². The number of ether oxygens (including phenoxy) is 1. The molecule has 72 valence electrons. The van der Waals surface area contributed by atoms with Crippen molar-refractivity contribution in [1.29, 1.82) is 0 Å². The molecule has 1 amide bonds. The molecule has 1 heterocycles. The molecule has 2 aliphatic rings. The smallest absolute Gasteiger partial charge is 0.408 e. The van der Waals surface area contributed by atoms with Crippen molar-refractivity contribution >= 4 is 11.8 Å². The lowest BCUT2D eigenvalue weighted by Crippen LogP contribution is -2.18. The highest BCUT2D eigenvalue weighted by Crippen LogP contribution is 2.37. The van der Waals surface area contributed by atoms with Crippen LogP contribution in [0.15, 0.2) is 18.2 Å².